The van der Waals surface area contributed by atoms with E-state index < -0.39 is 0 Å². The van der Waals surface area contributed by atoms with Crippen LogP contribution in [0.3, 0.4) is 0 Å². The zero-order chi connectivity index (χ0) is 10.6. The fourth-order valence-electron chi connectivity index (χ4n) is 1.49. The average Bonchev–Trinajstić information content (AvgIpc) is 3.01. The van der Waals surface area contributed by atoms with E-state index in [1.54, 1.807) is 0 Å². The molecule has 0 aromatic carbocycles. The molecule has 0 aromatic heterocycles. The Morgan fingerprint density at radius 3 is 2.71 bits per heavy atom. The lowest BCUT2D eigenvalue weighted by Gasteiger charge is -2.24. The summed E-state index contributed by atoms with van der Waals surface area (Å²) in [4.78, 5) is 13.8. The molecule has 0 saturated heterocycles. The van der Waals surface area contributed by atoms with Gasteiger partial charge < -0.3 is 4.90 Å². The predicted octanol–water partition coefficient (Wildman–Crippen LogP) is 1.94. The molecule has 1 saturated carbocycles. The molecule has 3 nitrogen and oxygen atoms in total. The molecule has 1 fully saturated rings. The van der Waals surface area contributed by atoms with E-state index in [1.807, 2.05) is 18.7 Å². The van der Waals surface area contributed by atoms with Gasteiger partial charge in [-0.1, -0.05) is 13.8 Å². The highest BCUT2D eigenvalue weighted by Gasteiger charge is 2.33. The third-order valence-electron chi connectivity index (χ3n) is 2.77. The number of amides is 1. The second kappa shape index (κ2) is 4.99. The van der Waals surface area contributed by atoms with Gasteiger partial charge in [0.2, 0.25) is 5.91 Å². The van der Waals surface area contributed by atoms with E-state index in [2.05, 4.69) is 6.07 Å². The minimum atomic E-state index is 0.106. The van der Waals surface area contributed by atoms with Gasteiger partial charge >= 0.3 is 0 Å². The van der Waals surface area contributed by atoms with Crippen LogP contribution in [0.4, 0.5) is 0 Å². The van der Waals surface area contributed by atoms with Gasteiger partial charge in [0.15, 0.2) is 0 Å². The second-order valence-electron chi connectivity index (χ2n) is 3.98. The van der Waals surface area contributed by atoms with Crippen molar-refractivity contribution in [1.29, 1.82) is 5.26 Å². The SMILES string of the molecule is CCC(C)C(=O)N(CCC#N)C1CC1. The minimum absolute atomic E-state index is 0.106. The number of rotatable bonds is 5. The Kier molecular flexibility index (Phi) is 3.94. The van der Waals surface area contributed by atoms with Gasteiger partial charge in [0.1, 0.15) is 0 Å². The molecule has 0 heterocycles. The van der Waals surface area contributed by atoms with Crippen molar-refractivity contribution in [3.63, 3.8) is 0 Å². The maximum Gasteiger partial charge on any atom is 0.225 e. The molecular formula is C11H18N2O. The van der Waals surface area contributed by atoms with Crippen molar-refractivity contribution in [3.8, 4) is 6.07 Å². The van der Waals surface area contributed by atoms with Crippen molar-refractivity contribution in [1.82, 2.24) is 4.90 Å². The van der Waals surface area contributed by atoms with Crippen molar-refractivity contribution < 1.29 is 4.79 Å². The number of carbonyl (C=O) groups is 1. The topological polar surface area (TPSA) is 44.1 Å². The molecule has 1 unspecified atom stereocenters. The van der Waals surface area contributed by atoms with E-state index in [1.165, 1.54) is 0 Å². The molecule has 1 atom stereocenters. The number of nitrogens with zero attached hydrogens (tertiary/aromatic N) is 2. The third-order valence-corrected chi connectivity index (χ3v) is 2.77. The zero-order valence-electron chi connectivity index (χ0n) is 8.99. The summed E-state index contributed by atoms with van der Waals surface area (Å²) in [7, 11) is 0. The molecule has 1 aliphatic rings. The van der Waals surface area contributed by atoms with Gasteiger partial charge in [-0.15, -0.1) is 0 Å². The summed E-state index contributed by atoms with van der Waals surface area (Å²) in [5.74, 6) is 0.333. The lowest BCUT2D eigenvalue weighted by molar-refractivity contribution is -0.135. The summed E-state index contributed by atoms with van der Waals surface area (Å²) in [6, 6.07) is 2.53. The molecule has 1 rings (SSSR count). The Morgan fingerprint density at radius 1 is 1.64 bits per heavy atom. The molecular weight excluding hydrogens is 176 g/mol. The Labute approximate surface area is 85.7 Å². The minimum Gasteiger partial charge on any atom is -0.338 e. The van der Waals surface area contributed by atoms with Gasteiger partial charge in [0.25, 0.3) is 0 Å². The number of hydrogen-bond acceptors (Lipinski definition) is 2. The summed E-state index contributed by atoms with van der Waals surface area (Å²) in [6.45, 7) is 4.60. The first-order valence-corrected chi connectivity index (χ1v) is 5.38. The van der Waals surface area contributed by atoms with Gasteiger partial charge in [-0.05, 0) is 19.3 Å². The Hall–Kier alpha value is -1.04. The van der Waals surface area contributed by atoms with Gasteiger partial charge in [-0.25, -0.2) is 0 Å². The molecule has 0 aliphatic heterocycles. The quantitative estimate of drug-likeness (QED) is 0.671. The first-order valence-electron chi connectivity index (χ1n) is 5.38. The largest absolute Gasteiger partial charge is 0.338 e. The average molecular weight is 194 g/mol. The normalized spacial score (nSPS) is 17.2. The summed E-state index contributed by atoms with van der Waals surface area (Å²) in [6.07, 6.45) is 3.58. The fourth-order valence-corrected chi connectivity index (χ4v) is 1.49. The van der Waals surface area contributed by atoms with Gasteiger partial charge in [-0.2, -0.15) is 5.26 Å². The first-order chi connectivity index (χ1) is 6.70. The molecule has 3 heteroatoms. The van der Waals surface area contributed by atoms with Crippen LogP contribution in [0.15, 0.2) is 0 Å². The van der Waals surface area contributed by atoms with E-state index in [0.717, 1.165) is 19.3 Å². The van der Waals surface area contributed by atoms with Crippen molar-refractivity contribution in [2.45, 2.75) is 45.6 Å². The highest BCUT2D eigenvalue weighted by Crippen LogP contribution is 2.28. The molecule has 1 aliphatic carbocycles. The molecule has 78 valence electrons. The van der Waals surface area contributed by atoms with Crippen LogP contribution in [0, 0.1) is 17.2 Å². The second-order valence-corrected chi connectivity index (χ2v) is 3.98. The highest BCUT2D eigenvalue weighted by atomic mass is 16.2. The lowest BCUT2D eigenvalue weighted by atomic mass is 10.1. The maximum atomic E-state index is 11.9. The van der Waals surface area contributed by atoms with Crippen LogP contribution in [-0.2, 0) is 4.79 Å². The van der Waals surface area contributed by atoms with Gasteiger partial charge in [0.05, 0.1) is 12.5 Å². The molecule has 0 aromatic rings. The summed E-state index contributed by atoms with van der Waals surface area (Å²) < 4.78 is 0. The van der Waals surface area contributed by atoms with E-state index in [0.29, 0.717) is 19.0 Å². The maximum absolute atomic E-state index is 11.9. The van der Waals surface area contributed by atoms with E-state index in [9.17, 15) is 4.79 Å². The fraction of sp³-hybridized carbons (Fsp3) is 0.818. The van der Waals surface area contributed by atoms with Crippen LogP contribution in [0.5, 0.6) is 0 Å². The van der Waals surface area contributed by atoms with Gasteiger partial charge in [0, 0.05) is 18.5 Å². The number of carbonyl (C=O) groups excluding carboxylic acids is 1. The van der Waals surface area contributed by atoms with Crippen LogP contribution in [0.25, 0.3) is 0 Å². The molecule has 0 radical (unpaired) electrons. The summed E-state index contributed by atoms with van der Waals surface area (Å²) in [5, 5.41) is 8.51. The van der Waals surface area contributed by atoms with E-state index >= 15 is 0 Å². The first kappa shape index (κ1) is 11.0. The molecule has 1 amide bonds. The number of hydrogen-bond donors (Lipinski definition) is 0. The summed E-state index contributed by atoms with van der Waals surface area (Å²) >= 11 is 0. The van der Waals surface area contributed by atoms with Crippen LogP contribution in [0.1, 0.15) is 39.5 Å². The van der Waals surface area contributed by atoms with Gasteiger partial charge in [-0.3, -0.25) is 4.79 Å². The molecule has 14 heavy (non-hydrogen) atoms. The number of nitriles is 1. The lowest BCUT2D eigenvalue weighted by Crippen LogP contribution is -2.37. The standard InChI is InChI=1S/C11H18N2O/c1-3-9(2)11(14)13(8-4-7-12)10-5-6-10/h9-10H,3-6,8H2,1-2H3. The molecule has 0 bridgehead atoms. The Balaban J connectivity index is 2.49. The zero-order valence-corrected chi connectivity index (χ0v) is 8.99. The predicted molar refractivity (Wildman–Crippen MR) is 54.4 cm³/mol. The van der Waals surface area contributed by atoms with Crippen LogP contribution in [0.2, 0.25) is 0 Å². The Morgan fingerprint density at radius 2 is 2.29 bits per heavy atom. The van der Waals surface area contributed by atoms with E-state index in [-0.39, 0.29) is 11.8 Å². The van der Waals surface area contributed by atoms with Crippen molar-refractivity contribution in [2.24, 2.45) is 5.92 Å². The Bertz CT molecular complexity index is 240. The molecule has 0 spiro atoms. The van der Waals surface area contributed by atoms with Crippen molar-refractivity contribution in [2.75, 3.05) is 6.54 Å². The van der Waals surface area contributed by atoms with Crippen molar-refractivity contribution in [3.05, 3.63) is 0 Å². The third kappa shape index (κ3) is 2.73. The smallest absolute Gasteiger partial charge is 0.225 e. The molecule has 0 N–H and O–H groups in total. The van der Waals surface area contributed by atoms with Crippen LogP contribution in [-0.4, -0.2) is 23.4 Å². The highest BCUT2D eigenvalue weighted by molar-refractivity contribution is 5.79. The summed E-state index contributed by atoms with van der Waals surface area (Å²) in [5.41, 5.74) is 0. The van der Waals surface area contributed by atoms with Crippen molar-refractivity contribution >= 4 is 5.91 Å². The van der Waals surface area contributed by atoms with E-state index in [4.69, 9.17) is 5.26 Å². The van der Waals surface area contributed by atoms with Crippen LogP contribution >= 0.6 is 0 Å². The van der Waals surface area contributed by atoms with Crippen LogP contribution < -0.4 is 0 Å². The monoisotopic (exact) mass is 194 g/mol.